The quantitative estimate of drug-likeness (QED) is 0.741. The van der Waals surface area contributed by atoms with Crippen LogP contribution in [0.4, 0.5) is 5.69 Å². The summed E-state index contributed by atoms with van der Waals surface area (Å²) in [4.78, 5) is 0. The highest BCUT2D eigenvalue weighted by atomic mass is 79.9. The summed E-state index contributed by atoms with van der Waals surface area (Å²) in [5.41, 5.74) is 3.72. The van der Waals surface area contributed by atoms with Gasteiger partial charge in [-0.1, -0.05) is 57.9 Å². The fourth-order valence-corrected chi connectivity index (χ4v) is 3.70. The predicted molar refractivity (Wildman–Crippen MR) is 89.7 cm³/mol. The summed E-state index contributed by atoms with van der Waals surface area (Å²) < 4.78 is 1.22. The van der Waals surface area contributed by atoms with Gasteiger partial charge >= 0.3 is 0 Å². The summed E-state index contributed by atoms with van der Waals surface area (Å²) in [7, 11) is 0. The molecule has 2 aromatic carbocycles. The SMILES string of the molecule is Cc1cccc(Cl)c1NC1CC(c2ccccc2Br)C1. The molecule has 0 atom stereocenters. The monoisotopic (exact) mass is 349 g/mol. The van der Waals surface area contributed by atoms with Crippen molar-refractivity contribution < 1.29 is 0 Å². The lowest BCUT2D eigenvalue weighted by molar-refractivity contribution is 0.373. The van der Waals surface area contributed by atoms with E-state index < -0.39 is 0 Å². The first-order valence-electron chi connectivity index (χ1n) is 6.91. The first-order chi connectivity index (χ1) is 9.65. The van der Waals surface area contributed by atoms with Gasteiger partial charge in [0.2, 0.25) is 0 Å². The van der Waals surface area contributed by atoms with Gasteiger partial charge < -0.3 is 5.32 Å². The molecule has 1 aliphatic rings. The van der Waals surface area contributed by atoms with Gasteiger partial charge in [0.1, 0.15) is 0 Å². The molecule has 0 saturated heterocycles. The van der Waals surface area contributed by atoms with Crippen molar-refractivity contribution >= 4 is 33.2 Å². The number of benzene rings is 2. The van der Waals surface area contributed by atoms with Crippen molar-refractivity contribution in [2.45, 2.75) is 31.7 Å². The molecule has 0 spiro atoms. The summed E-state index contributed by atoms with van der Waals surface area (Å²) in [6, 6.07) is 15.1. The molecule has 104 valence electrons. The largest absolute Gasteiger partial charge is 0.381 e. The molecule has 0 radical (unpaired) electrons. The lowest BCUT2D eigenvalue weighted by atomic mass is 9.76. The lowest BCUT2D eigenvalue weighted by Gasteiger charge is -2.37. The Morgan fingerprint density at radius 2 is 1.85 bits per heavy atom. The minimum atomic E-state index is 0.519. The standard InChI is InChI=1S/C17H17BrClN/c1-11-5-4-8-16(19)17(11)20-13-9-12(10-13)14-6-2-3-7-15(14)18/h2-8,12-13,20H,9-10H2,1H3. The van der Waals surface area contributed by atoms with E-state index >= 15 is 0 Å². The molecule has 1 N–H and O–H groups in total. The number of rotatable bonds is 3. The molecular weight excluding hydrogens is 334 g/mol. The van der Waals surface area contributed by atoms with Crippen LogP contribution in [0.25, 0.3) is 0 Å². The van der Waals surface area contributed by atoms with E-state index in [1.807, 2.05) is 12.1 Å². The average molecular weight is 351 g/mol. The van der Waals surface area contributed by atoms with Crippen molar-refractivity contribution in [3.8, 4) is 0 Å². The Labute approximate surface area is 133 Å². The second-order valence-corrected chi connectivity index (χ2v) is 6.72. The van der Waals surface area contributed by atoms with E-state index in [2.05, 4.69) is 58.5 Å². The molecule has 3 rings (SSSR count). The second kappa shape index (κ2) is 5.79. The van der Waals surface area contributed by atoms with Gasteiger partial charge in [0, 0.05) is 10.5 Å². The van der Waals surface area contributed by atoms with E-state index in [0.29, 0.717) is 12.0 Å². The molecule has 2 aromatic rings. The predicted octanol–water partition coefficient (Wildman–Crippen LogP) is 5.77. The molecule has 0 unspecified atom stereocenters. The number of hydrogen-bond acceptors (Lipinski definition) is 1. The van der Waals surface area contributed by atoms with Crippen molar-refractivity contribution in [3.05, 3.63) is 63.1 Å². The molecule has 0 bridgehead atoms. The minimum Gasteiger partial charge on any atom is -0.381 e. The van der Waals surface area contributed by atoms with Crippen LogP contribution >= 0.6 is 27.5 Å². The van der Waals surface area contributed by atoms with Crippen LogP contribution in [0.5, 0.6) is 0 Å². The van der Waals surface area contributed by atoms with E-state index in [9.17, 15) is 0 Å². The second-order valence-electron chi connectivity index (χ2n) is 5.46. The molecule has 1 nitrogen and oxygen atoms in total. The van der Waals surface area contributed by atoms with Crippen LogP contribution in [-0.4, -0.2) is 6.04 Å². The maximum absolute atomic E-state index is 6.26. The van der Waals surface area contributed by atoms with Gasteiger partial charge in [-0.3, -0.25) is 0 Å². The Hall–Kier alpha value is -0.990. The topological polar surface area (TPSA) is 12.0 Å². The molecule has 1 saturated carbocycles. The van der Waals surface area contributed by atoms with Crippen LogP contribution in [0.1, 0.15) is 29.9 Å². The number of nitrogens with one attached hydrogen (secondary N) is 1. The maximum Gasteiger partial charge on any atom is 0.0640 e. The van der Waals surface area contributed by atoms with Crippen molar-refractivity contribution in [1.82, 2.24) is 0 Å². The fraction of sp³-hybridized carbons (Fsp3) is 0.294. The third-order valence-electron chi connectivity index (χ3n) is 4.05. The average Bonchev–Trinajstić information content (AvgIpc) is 2.37. The first-order valence-corrected chi connectivity index (χ1v) is 8.08. The highest BCUT2D eigenvalue weighted by Gasteiger charge is 2.31. The minimum absolute atomic E-state index is 0.519. The summed E-state index contributed by atoms with van der Waals surface area (Å²) in [5, 5.41) is 4.40. The van der Waals surface area contributed by atoms with E-state index in [-0.39, 0.29) is 0 Å². The maximum atomic E-state index is 6.26. The number of aryl methyl sites for hydroxylation is 1. The Bertz CT molecular complexity index is 600. The van der Waals surface area contributed by atoms with Crippen LogP contribution in [0.3, 0.4) is 0 Å². The van der Waals surface area contributed by atoms with E-state index in [0.717, 1.165) is 23.6 Å². The molecule has 1 aliphatic carbocycles. The fourth-order valence-electron chi connectivity index (χ4n) is 2.81. The summed E-state index contributed by atoms with van der Waals surface area (Å²) in [6.07, 6.45) is 2.32. The summed E-state index contributed by atoms with van der Waals surface area (Å²) in [5.74, 6) is 0.644. The normalized spacial score (nSPS) is 21.4. The molecule has 0 heterocycles. The van der Waals surface area contributed by atoms with Gasteiger partial charge in [-0.25, -0.2) is 0 Å². The third-order valence-corrected chi connectivity index (χ3v) is 5.09. The lowest BCUT2D eigenvalue weighted by Crippen LogP contribution is -2.34. The van der Waals surface area contributed by atoms with Crippen molar-refractivity contribution in [1.29, 1.82) is 0 Å². The zero-order valence-corrected chi connectivity index (χ0v) is 13.7. The Morgan fingerprint density at radius 1 is 1.10 bits per heavy atom. The van der Waals surface area contributed by atoms with Crippen molar-refractivity contribution in [2.24, 2.45) is 0 Å². The third kappa shape index (κ3) is 2.72. The highest BCUT2D eigenvalue weighted by molar-refractivity contribution is 9.10. The molecule has 0 amide bonds. The number of hydrogen-bond donors (Lipinski definition) is 1. The number of para-hydroxylation sites is 1. The highest BCUT2D eigenvalue weighted by Crippen LogP contribution is 2.42. The molecule has 0 aliphatic heterocycles. The van der Waals surface area contributed by atoms with Gasteiger partial charge in [-0.15, -0.1) is 0 Å². The van der Waals surface area contributed by atoms with Gasteiger partial charge in [-0.2, -0.15) is 0 Å². The van der Waals surface area contributed by atoms with E-state index in [1.165, 1.54) is 15.6 Å². The van der Waals surface area contributed by atoms with Crippen LogP contribution in [0.2, 0.25) is 5.02 Å². The van der Waals surface area contributed by atoms with E-state index in [1.54, 1.807) is 0 Å². The van der Waals surface area contributed by atoms with Crippen LogP contribution in [0.15, 0.2) is 46.9 Å². The summed E-state index contributed by atoms with van der Waals surface area (Å²) in [6.45, 7) is 2.10. The molecule has 3 heteroatoms. The van der Waals surface area contributed by atoms with Crippen LogP contribution < -0.4 is 5.32 Å². The van der Waals surface area contributed by atoms with Crippen molar-refractivity contribution in [2.75, 3.05) is 5.32 Å². The van der Waals surface area contributed by atoms with Crippen LogP contribution in [0, 0.1) is 6.92 Å². The molecule has 20 heavy (non-hydrogen) atoms. The zero-order valence-electron chi connectivity index (χ0n) is 11.4. The van der Waals surface area contributed by atoms with Gasteiger partial charge in [0.05, 0.1) is 10.7 Å². The smallest absolute Gasteiger partial charge is 0.0640 e. The van der Waals surface area contributed by atoms with Gasteiger partial charge in [0.25, 0.3) is 0 Å². The Kier molecular flexibility index (Phi) is 4.04. The molecular formula is C17H17BrClN. The van der Waals surface area contributed by atoms with E-state index in [4.69, 9.17) is 11.6 Å². The van der Waals surface area contributed by atoms with Gasteiger partial charge in [0.15, 0.2) is 0 Å². The van der Waals surface area contributed by atoms with Crippen molar-refractivity contribution in [3.63, 3.8) is 0 Å². The number of anilines is 1. The molecule has 0 aromatic heterocycles. The Morgan fingerprint density at radius 3 is 2.55 bits per heavy atom. The first kappa shape index (κ1) is 14.0. The van der Waals surface area contributed by atoms with Gasteiger partial charge in [-0.05, 0) is 48.9 Å². The summed E-state index contributed by atoms with van der Waals surface area (Å²) >= 11 is 9.90. The Balaban J connectivity index is 1.66. The molecule has 1 fully saturated rings. The van der Waals surface area contributed by atoms with Crippen LogP contribution in [-0.2, 0) is 0 Å². The zero-order chi connectivity index (χ0) is 14.1. The number of halogens is 2.